The lowest BCUT2D eigenvalue weighted by molar-refractivity contribution is 0.159. The first kappa shape index (κ1) is 21.8. The summed E-state index contributed by atoms with van der Waals surface area (Å²) < 4.78 is 15.4. The first-order chi connectivity index (χ1) is 16.5. The van der Waals surface area contributed by atoms with Gasteiger partial charge in [-0.1, -0.05) is 12.1 Å². The topological polar surface area (TPSA) is 100 Å². The molecule has 5 rings (SSSR count). The maximum atomic E-state index is 13.5. The molecular formula is C24H26FN9. The van der Waals surface area contributed by atoms with Gasteiger partial charge in [0.15, 0.2) is 0 Å². The highest BCUT2D eigenvalue weighted by Gasteiger charge is 2.13. The maximum Gasteiger partial charge on any atom is 0.144 e. The first-order valence-corrected chi connectivity index (χ1v) is 11.1. The molecule has 9 nitrogen and oxygen atoms in total. The van der Waals surface area contributed by atoms with Crippen molar-refractivity contribution in [1.82, 2.24) is 29.7 Å². The lowest BCUT2D eigenvalue weighted by Gasteiger charge is -2.30. The van der Waals surface area contributed by atoms with E-state index < -0.39 is 0 Å². The van der Waals surface area contributed by atoms with E-state index in [-0.39, 0.29) is 5.82 Å². The molecule has 3 heterocycles. The minimum atomic E-state index is -0.253. The molecule has 34 heavy (non-hydrogen) atoms. The van der Waals surface area contributed by atoms with Crippen molar-refractivity contribution < 1.29 is 4.39 Å². The number of nitrogens with one attached hydrogen (secondary N) is 1. The van der Waals surface area contributed by atoms with Crippen LogP contribution in [0.25, 0.3) is 10.9 Å². The minimum absolute atomic E-state index is 0.253. The van der Waals surface area contributed by atoms with E-state index in [2.05, 4.69) is 37.4 Å². The van der Waals surface area contributed by atoms with Gasteiger partial charge in [0.25, 0.3) is 0 Å². The number of fused-ring (bicyclic) bond motifs is 1. The van der Waals surface area contributed by atoms with Crippen molar-refractivity contribution in [2.24, 2.45) is 5.10 Å². The molecule has 1 aliphatic rings. The van der Waals surface area contributed by atoms with Crippen LogP contribution in [0.2, 0.25) is 0 Å². The largest absolute Gasteiger partial charge is 0.383 e. The van der Waals surface area contributed by atoms with Gasteiger partial charge in [-0.25, -0.2) is 14.4 Å². The summed E-state index contributed by atoms with van der Waals surface area (Å²) in [7, 11) is 2.11. The lowest BCUT2D eigenvalue weighted by Crippen LogP contribution is -2.41. The summed E-state index contributed by atoms with van der Waals surface area (Å²) in [5, 5.41) is 15.4. The number of nitrogen functional groups attached to an aromatic ring is 1. The molecule has 1 saturated heterocycles. The van der Waals surface area contributed by atoms with Gasteiger partial charge >= 0.3 is 0 Å². The van der Waals surface area contributed by atoms with E-state index in [0.717, 1.165) is 48.3 Å². The van der Waals surface area contributed by atoms with Crippen LogP contribution in [0.5, 0.6) is 0 Å². The molecule has 0 unspecified atom stereocenters. The SMILES string of the molecule is CN1CCN(/N=C/c2c(N)ncnc2Nc2ccc3c(cnn3Cc3cccc(F)c3)c2)CC1. The van der Waals surface area contributed by atoms with Crippen molar-refractivity contribution in [1.29, 1.82) is 0 Å². The highest BCUT2D eigenvalue weighted by molar-refractivity contribution is 5.93. The third-order valence-corrected chi connectivity index (χ3v) is 5.87. The molecule has 0 spiro atoms. The van der Waals surface area contributed by atoms with Crippen molar-refractivity contribution in [2.45, 2.75) is 6.54 Å². The van der Waals surface area contributed by atoms with Crippen LogP contribution in [0, 0.1) is 5.82 Å². The van der Waals surface area contributed by atoms with Gasteiger partial charge in [0, 0.05) is 37.3 Å². The number of hydrogen-bond donors (Lipinski definition) is 2. The van der Waals surface area contributed by atoms with E-state index in [9.17, 15) is 4.39 Å². The molecule has 3 N–H and O–H groups in total. The summed E-state index contributed by atoms with van der Waals surface area (Å²) in [6.45, 7) is 4.15. The molecule has 0 saturated carbocycles. The second-order valence-corrected chi connectivity index (χ2v) is 8.35. The predicted molar refractivity (Wildman–Crippen MR) is 132 cm³/mol. The van der Waals surface area contributed by atoms with E-state index in [0.29, 0.717) is 23.7 Å². The average molecular weight is 460 g/mol. The van der Waals surface area contributed by atoms with Crippen molar-refractivity contribution >= 4 is 34.4 Å². The Hall–Kier alpha value is -4.05. The number of benzene rings is 2. The molecular weight excluding hydrogens is 433 g/mol. The normalized spacial score (nSPS) is 14.8. The van der Waals surface area contributed by atoms with Gasteiger partial charge in [0.1, 0.15) is 23.8 Å². The van der Waals surface area contributed by atoms with E-state index in [1.54, 1.807) is 18.5 Å². The van der Waals surface area contributed by atoms with Crippen LogP contribution in [0.1, 0.15) is 11.1 Å². The monoisotopic (exact) mass is 459 g/mol. The Balaban J connectivity index is 1.35. The van der Waals surface area contributed by atoms with Gasteiger partial charge in [0.05, 0.1) is 30.0 Å². The fourth-order valence-corrected chi connectivity index (χ4v) is 3.92. The summed E-state index contributed by atoms with van der Waals surface area (Å²) in [5.74, 6) is 0.688. The molecule has 0 bridgehead atoms. The van der Waals surface area contributed by atoms with Crippen molar-refractivity contribution in [3.05, 3.63) is 71.9 Å². The van der Waals surface area contributed by atoms with Crippen molar-refractivity contribution in [3.8, 4) is 0 Å². The van der Waals surface area contributed by atoms with Crippen LogP contribution in [0.4, 0.5) is 21.7 Å². The second kappa shape index (κ2) is 9.44. The number of anilines is 3. The lowest BCUT2D eigenvalue weighted by atomic mass is 10.2. The Bertz CT molecular complexity index is 1330. The number of nitrogens with two attached hydrogens (primary N) is 1. The first-order valence-electron chi connectivity index (χ1n) is 11.1. The average Bonchev–Trinajstić information content (AvgIpc) is 3.22. The quantitative estimate of drug-likeness (QED) is 0.428. The molecule has 0 aliphatic carbocycles. The Morgan fingerprint density at radius 3 is 2.79 bits per heavy atom. The Labute approximate surface area is 196 Å². The zero-order chi connectivity index (χ0) is 23.5. The van der Waals surface area contributed by atoms with Gasteiger partial charge in [0.2, 0.25) is 0 Å². The minimum Gasteiger partial charge on any atom is -0.383 e. The summed E-state index contributed by atoms with van der Waals surface area (Å²) in [5.41, 5.74) is 9.43. The van der Waals surface area contributed by atoms with Crippen molar-refractivity contribution in [2.75, 3.05) is 44.3 Å². The molecule has 1 fully saturated rings. The number of nitrogens with zero attached hydrogens (tertiary/aromatic N) is 7. The van der Waals surface area contributed by atoms with Gasteiger partial charge in [-0.3, -0.25) is 9.69 Å². The number of piperazine rings is 1. The number of aromatic nitrogens is 4. The smallest absolute Gasteiger partial charge is 0.144 e. The van der Waals surface area contributed by atoms with Crippen LogP contribution in [-0.2, 0) is 6.54 Å². The van der Waals surface area contributed by atoms with E-state index in [1.807, 2.05) is 34.0 Å². The van der Waals surface area contributed by atoms with E-state index in [1.165, 1.54) is 18.5 Å². The fraction of sp³-hybridized carbons (Fsp3) is 0.250. The van der Waals surface area contributed by atoms with Gasteiger partial charge in [-0.15, -0.1) is 0 Å². The number of hydrogen-bond acceptors (Lipinski definition) is 8. The van der Waals surface area contributed by atoms with Crippen LogP contribution >= 0.6 is 0 Å². The zero-order valence-corrected chi connectivity index (χ0v) is 18.9. The summed E-state index contributed by atoms with van der Waals surface area (Å²) in [4.78, 5) is 10.8. The Morgan fingerprint density at radius 1 is 1.12 bits per heavy atom. The van der Waals surface area contributed by atoms with Gasteiger partial charge in [-0.2, -0.15) is 10.2 Å². The Morgan fingerprint density at radius 2 is 1.97 bits per heavy atom. The van der Waals surface area contributed by atoms with Crippen LogP contribution < -0.4 is 11.1 Å². The second-order valence-electron chi connectivity index (χ2n) is 8.35. The molecule has 10 heteroatoms. The molecule has 2 aromatic carbocycles. The molecule has 4 aromatic rings. The van der Waals surface area contributed by atoms with E-state index >= 15 is 0 Å². The Kier molecular flexibility index (Phi) is 6.05. The van der Waals surface area contributed by atoms with Crippen LogP contribution in [0.3, 0.4) is 0 Å². The summed E-state index contributed by atoms with van der Waals surface area (Å²) >= 11 is 0. The zero-order valence-electron chi connectivity index (χ0n) is 18.9. The maximum absolute atomic E-state index is 13.5. The van der Waals surface area contributed by atoms with Crippen molar-refractivity contribution in [3.63, 3.8) is 0 Å². The van der Waals surface area contributed by atoms with Crippen LogP contribution in [0.15, 0.2) is 60.1 Å². The standard InChI is InChI=1S/C24H26FN9/c1-32-7-9-33(10-8-32)29-14-21-23(26)27-16-28-24(21)31-20-5-6-22-18(12-20)13-30-34(22)15-17-3-2-4-19(25)11-17/h2-6,11-14,16H,7-10,15H2,1H3,(H3,26,27,28,31)/b29-14+. The highest BCUT2D eigenvalue weighted by Crippen LogP contribution is 2.25. The molecule has 0 atom stereocenters. The predicted octanol–water partition coefficient (Wildman–Crippen LogP) is 2.92. The number of rotatable bonds is 6. The number of halogens is 1. The van der Waals surface area contributed by atoms with Crippen LogP contribution in [-0.4, -0.2) is 69.1 Å². The van der Waals surface area contributed by atoms with Gasteiger partial charge in [-0.05, 0) is 42.9 Å². The third kappa shape index (κ3) is 4.81. The number of hydrazone groups is 1. The van der Waals surface area contributed by atoms with Gasteiger partial charge < -0.3 is 16.0 Å². The molecule has 2 aromatic heterocycles. The number of likely N-dealkylation sites (N-methyl/N-ethyl adjacent to an activating group) is 1. The molecule has 1 aliphatic heterocycles. The molecule has 0 amide bonds. The molecule has 174 valence electrons. The third-order valence-electron chi connectivity index (χ3n) is 5.87. The summed E-state index contributed by atoms with van der Waals surface area (Å²) in [6.07, 6.45) is 4.95. The highest BCUT2D eigenvalue weighted by atomic mass is 19.1. The van der Waals surface area contributed by atoms with E-state index in [4.69, 9.17) is 5.73 Å². The fourth-order valence-electron chi connectivity index (χ4n) is 3.92. The summed E-state index contributed by atoms with van der Waals surface area (Å²) in [6, 6.07) is 12.5. The molecule has 0 radical (unpaired) electrons.